The maximum atomic E-state index is 3.78. The van der Waals surface area contributed by atoms with Crippen molar-refractivity contribution in [3.63, 3.8) is 0 Å². The molecule has 1 aromatic rings. The minimum absolute atomic E-state index is 0. The Hall–Kier alpha value is 0.500. The Labute approximate surface area is 78.3 Å². The zero-order valence-corrected chi connectivity index (χ0v) is 7.83. The summed E-state index contributed by atoms with van der Waals surface area (Å²) >= 11 is 0. The summed E-state index contributed by atoms with van der Waals surface area (Å²) in [5.74, 6) is 0. The van der Waals surface area contributed by atoms with Gasteiger partial charge in [-0.2, -0.15) is 13.5 Å². The summed E-state index contributed by atoms with van der Waals surface area (Å²) in [4.78, 5) is 3.78. The van der Waals surface area contributed by atoms with E-state index in [1.165, 1.54) is 0 Å². The first-order valence-corrected chi connectivity index (χ1v) is 1.85. The largest absolute Gasteiger partial charge is 0.265 e. The summed E-state index contributed by atoms with van der Waals surface area (Å²) in [6.07, 6.45) is 3.50. The van der Waals surface area contributed by atoms with Crippen LogP contribution in [0.3, 0.4) is 0 Å². The molecule has 0 N–H and O–H groups in total. The van der Waals surface area contributed by atoms with Crippen molar-refractivity contribution >= 4 is 43.1 Å². The molecular formula is C5H7NNaS. The summed E-state index contributed by atoms with van der Waals surface area (Å²) in [5.41, 5.74) is 0. The van der Waals surface area contributed by atoms with E-state index in [0.29, 0.717) is 0 Å². The van der Waals surface area contributed by atoms with Gasteiger partial charge in [0.2, 0.25) is 0 Å². The van der Waals surface area contributed by atoms with E-state index >= 15 is 0 Å². The van der Waals surface area contributed by atoms with E-state index in [9.17, 15) is 0 Å². The van der Waals surface area contributed by atoms with Crippen LogP contribution < -0.4 is 0 Å². The van der Waals surface area contributed by atoms with Gasteiger partial charge in [-0.05, 0) is 12.1 Å². The second kappa shape index (κ2) is 7.50. The van der Waals surface area contributed by atoms with Crippen molar-refractivity contribution in [1.29, 1.82) is 0 Å². The van der Waals surface area contributed by atoms with E-state index < -0.39 is 0 Å². The van der Waals surface area contributed by atoms with Crippen molar-refractivity contribution in [2.45, 2.75) is 0 Å². The smallest absolute Gasteiger partial charge is 0.0267 e. The van der Waals surface area contributed by atoms with Crippen LogP contribution in [0.5, 0.6) is 0 Å². The Bertz CT molecular complexity index is 84.4. The zero-order valence-electron chi connectivity index (χ0n) is 4.83. The fourth-order valence-electron chi connectivity index (χ4n) is 0.313. The molecule has 0 saturated heterocycles. The van der Waals surface area contributed by atoms with Gasteiger partial charge in [0.1, 0.15) is 0 Å². The molecular weight excluding hydrogens is 129 g/mol. The molecule has 0 amide bonds. The molecule has 3 heteroatoms. The number of hydrogen-bond donors (Lipinski definition) is 0. The number of nitrogens with zero attached hydrogens (tertiary/aromatic N) is 1. The van der Waals surface area contributed by atoms with Crippen LogP contribution in [-0.2, 0) is 0 Å². The summed E-state index contributed by atoms with van der Waals surface area (Å²) in [6, 6.07) is 5.72. The Morgan fingerprint density at radius 1 is 0.875 bits per heavy atom. The summed E-state index contributed by atoms with van der Waals surface area (Å²) in [6.45, 7) is 0. The molecule has 1 nitrogen and oxygen atoms in total. The van der Waals surface area contributed by atoms with Gasteiger partial charge in [0.25, 0.3) is 0 Å². The molecule has 1 heterocycles. The molecule has 0 saturated carbocycles. The maximum absolute atomic E-state index is 3.78. The molecule has 39 valence electrons. The van der Waals surface area contributed by atoms with Gasteiger partial charge in [-0.15, -0.1) is 0 Å². The van der Waals surface area contributed by atoms with Crippen LogP contribution in [0.1, 0.15) is 0 Å². The fraction of sp³-hybridized carbons (Fsp3) is 0. The topological polar surface area (TPSA) is 12.9 Å². The monoisotopic (exact) mass is 136 g/mol. The van der Waals surface area contributed by atoms with E-state index in [-0.39, 0.29) is 43.1 Å². The van der Waals surface area contributed by atoms with Crippen molar-refractivity contribution in [3.8, 4) is 0 Å². The van der Waals surface area contributed by atoms with Crippen molar-refractivity contribution in [1.82, 2.24) is 4.98 Å². The fourth-order valence-corrected chi connectivity index (χ4v) is 0.313. The first-order chi connectivity index (χ1) is 3.00. The third-order valence-corrected chi connectivity index (χ3v) is 0.566. The average Bonchev–Trinajstić information content (AvgIpc) is 1.72. The number of rotatable bonds is 0. The van der Waals surface area contributed by atoms with Crippen LogP contribution >= 0.6 is 13.5 Å². The van der Waals surface area contributed by atoms with Crippen LogP contribution in [0.15, 0.2) is 30.6 Å². The van der Waals surface area contributed by atoms with Crippen LogP contribution in [-0.4, -0.2) is 34.5 Å². The second-order valence-electron chi connectivity index (χ2n) is 1.02. The van der Waals surface area contributed by atoms with Gasteiger partial charge in [0, 0.05) is 42.0 Å². The van der Waals surface area contributed by atoms with E-state index in [2.05, 4.69) is 4.98 Å². The normalized spacial score (nSPS) is 6.00. The predicted molar refractivity (Wildman–Crippen MR) is 40.4 cm³/mol. The van der Waals surface area contributed by atoms with Gasteiger partial charge in [0.15, 0.2) is 0 Å². The quantitative estimate of drug-likeness (QED) is 0.481. The van der Waals surface area contributed by atoms with Crippen LogP contribution in [0.2, 0.25) is 0 Å². The average molecular weight is 136 g/mol. The Balaban J connectivity index is 0. The second-order valence-corrected chi connectivity index (χ2v) is 1.02. The molecule has 1 rings (SSSR count). The van der Waals surface area contributed by atoms with Crippen molar-refractivity contribution in [2.24, 2.45) is 0 Å². The van der Waals surface area contributed by atoms with E-state index in [1.54, 1.807) is 12.4 Å². The Morgan fingerprint density at radius 3 is 1.50 bits per heavy atom. The molecule has 0 aliphatic rings. The molecule has 8 heavy (non-hydrogen) atoms. The number of aromatic nitrogens is 1. The third kappa shape index (κ3) is 4.65. The zero-order chi connectivity index (χ0) is 4.24. The van der Waals surface area contributed by atoms with Gasteiger partial charge < -0.3 is 0 Å². The Morgan fingerprint density at radius 2 is 1.38 bits per heavy atom. The molecule has 1 radical (unpaired) electrons. The minimum Gasteiger partial charge on any atom is -0.265 e. The number of hydrogen-bond acceptors (Lipinski definition) is 1. The summed E-state index contributed by atoms with van der Waals surface area (Å²) < 4.78 is 0. The molecule has 0 bridgehead atoms. The van der Waals surface area contributed by atoms with Crippen molar-refractivity contribution in [2.75, 3.05) is 0 Å². The molecule has 0 unspecified atom stereocenters. The molecule has 0 aliphatic heterocycles. The van der Waals surface area contributed by atoms with Crippen LogP contribution in [0, 0.1) is 0 Å². The molecule has 0 aromatic carbocycles. The van der Waals surface area contributed by atoms with E-state index in [0.717, 1.165) is 0 Å². The third-order valence-electron chi connectivity index (χ3n) is 0.566. The predicted octanol–water partition coefficient (Wildman–Crippen LogP) is 0.814. The van der Waals surface area contributed by atoms with Gasteiger partial charge in [-0.25, -0.2) is 0 Å². The SMILES string of the molecule is S.[Na].c1ccncc1. The first kappa shape index (κ1) is 11.3. The minimum atomic E-state index is 0. The van der Waals surface area contributed by atoms with Crippen LogP contribution in [0.25, 0.3) is 0 Å². The summed E-state index contributed by atoms with van der Waals surface area (Å²) in [7, 11) is 0. The van der Waals surface area contributed by atoms with Gasteiger partial charge >= 0.3 is 0 Å². The van der Waals surface area contributed by atoms with Gasteiger partial charge in [0.05, 0.1) is 0 Å². The van der Waals surface area contributed by atoms with Crippen LogP contribution in [0.4, 0.5) is 0 Å². The van der Waals surface area contributed by atoms with Gasteiger partial charge in [-0.1, -0.05) is 6.07 Å². The standard InChI is InChI=1S/C5H5N.Na.H2S/c1-2-4-6-5-3-1;;/h1-5H;;1H2. The molecule has 0 atom stereocenters. The molecule has 1 aromatic heterocycles. The number of pyridine rings is 1. The van der Waals surface area contributed by atoms with Gasteiger partial charge in [-0.3, -0.25) is 4.98 Å². The van der Waals surface area contributed by atoms with E-state index in [1.807, 2.05) is 18.2 Å². The molecule has 0 fully saturated rings. The van der Waals surface area contributed by atoms with Crippen molar-refractivity contribution in [3.05, 3.63) is 30.6 Å². The molecule has 0 aliphatic carbocycles. The molecule has 0 spiro atoms. The van der Waals surface area contributed by atoms with E-state index in [4.69, 9.17) is 0 Å². The first-order valence-electron chi connectivity index (χ1n) is 1.85. The van der Waals surface area contributed by atoms with Crippen molar-refractivity contribution < 1.29 is 0 Å². The maximum Gasteiger partial charge on any atom is 0.0267 e. The summed E-state index contributed by atoms with van der Waals surface area (Å²) in [5, 5.41) is 0. The Kier molecular flexibility index (Phi) is 10.6.